The molecule has 8 nitrogen and oxygen atoms in total. The Hall–Kier alpha value is -2.65. The van der Waals surface area contributed by atoms with Crippen molar-refractivity contribution in [2.24, 2.45) is 5.41 Å². The van der Waals surface area contributed by atoms with Gasteiger partial charge in [-0.2, -0.15) is 0 Å². The van der Waals surface area contributed by atoms with Crippen molar-refractivity contribution in [3.05, 3.63) is 63.1 Å². The van der Waals surface area contributed by atoms with Crippen LogP contribution in [0.15, 0.2) is 36.4 Å². The van der Waals surface area contributed by atoms with E-state index in [4.69, 9.17) is 27.9 Å². The van der Waals surface area contributed by atoms with Gasteiger partial charge in [-0.15, -0.1) is 0 Å². The number of halogens is 2. The van der Waals surface area contributed by atoms with E-state index in [1.165, 1.54) is 13.2 Å². The standard InChI is InChI=1S/C33H39Cl2N3O5/c1-31(2)10-12-32(13-11-31)33(24-9-4-20(34)17-25(24)37-30(33)42)26(18-14-19(29(41)43-3)16-21(35)15-18)27(38-32)28(40)36-22-5-7-23(39)8-6-22/h4,9,14-17,22-23,26-27,38-39H,5-8,10-13H2,1-3H3,(H,36,40)(H,37,42)/t22-,23-,26-,27+,33+/m0/s1. The summed E-state index contributed by atoms with van der Waals surface area (Å²) in [6.45, 7) is 4.48. The van der Waals surface area contributed by atoms with Crippen LogP contribution < -0.4 is 16.0 Å². The van der Waals surface area contributed by atoms with E-state index in [1.54, 1.807) is 24.3 Å². The average Bonchev–Trinajstić information content (AvgIpc) is 3.43. The van der Waals surface area contributed by atoms with Crippen molar-refractivity contribution in [3.63, 3.8) is 0 Å². The number of methoxy groups -OCH3 is 1. The molecule has 2 aromatic carbocycles. The largest absolute Gasteiger partial charge is 0.465 e. The first-order chi connectivity index (χ1) is 20.4. The average molecular weight is 629 g/mol. The van der Waals surface area contributed by atoms with Crippen molar-refractivity contribution in [3.8, 4) is 0 Å². The zero-order chi connectivity index (χ0) is 30.7. The van der Waals surface area contributed by atoms with Crippen LogP contribution in [0.3, 0.4) is 0 Å². The molecule has 43 heavy (non-hydrogen) atoms. The van der Waals surface area contributed by atoms with Crippen molar-refractivity contribution < 1.29 is 24.2 Å². The van der Waals surface area contributed by atoms with E-state index in [1.807, 2.05) is 6.07 Å². The zero-order valence-corrected chi connectivity index (χ0v) is 26.3. The SMILES string of the molecule is COC(=O)c1cc(Cl)cc([C@H]2[C@H](C(=O)N[C@H]3CC[C@H](O)CC3)NC3(CCC(C)(C)CC3)[C@@]23C(=O)Nc2cc(Cl)ccc23)c1. The number of anilines is 1. The van der Waals surface area contributed by atoms with Crippen molar-refractivity contribution in [1.82, 2.24) is 10.6 Å². The minimum Gasteiger partial charge on any atom is -0.465 e. The number of hydrogen-bond acceptors (Lipinski definition) is 6. The maximum Gasteiger partial charge on any atom is 0.337 e. The van der Waals surface area contributed by atoms with Crippen LogP contribution in [0.5, 0.6) is 0 Å². The van der Waals surface area contributed by atoms with Gasteiger partial charge in [0, 0.05) is 33.2 Å². The van der Waals surface area contributed by atoms with Crippen molar-refractivity contribution in [1.29, 1.82) is 0 Å². The van der Waals surface area contributed by atoms with Crippen LogP contribution in [0, 0.1) is 5.41 Å². The number of aliphatic hydroxyl groups is 1. The molecule has 3 fully saturated rings. The van der Waals surface area contributed by atoms with E-state index in [9.17, 15) is 19.5 Å². The van der Waals surface area contributed by atoms with Gasteiger partial charge in [0.25, 0.3) is 0 Å². The topological polar surface area (TPSA) is 117 Å². The summed E-state index contributed by atoms with van der Waals surface area (Å²) >= 11 is 13.0. The van der Waals surface area contributed by atoms with Crippen LogP contribution in [0.25, 0.3) is 0 Å². The molecule has 4 N–H and O–H groups in total. The van der Waals surface area contributed by atoms with Gasteiger partial charge in [-0.25, -0.2) is 4.79 Å². The molecule has 2 heterocycles. The summed E-state index contributed by atoms with van der Waals surface area (Å²) in [6, 6.07) is 9.57. The molecule has 1 saturated heterocycles. The number of ether oxygens (including phenoxy) is 1. The molecule has 0 aromatic heterocycles. The molecule has 0 bridgehead atoms. The third-order valence-corrected chi connectivity index (χ3v) is 10.9. The highest BCUT2D eigenvalue weighted by molar-refractivity contribution is 6.31. The molecule has 3 atom stereocenters. The Kier molecular flexibility index (Phi) is 7.81. The van der Waals surface area contributed by atoms with Crippen LogP contribution in [-0.4, -0.2) is 53.7 Å². The molecule has 4 aliphatic rings. The summed E-state index contributed by atoms with van der Waals surface area (Å²) < 4.78 is 5.03. The maximum atomic E-state index is 14.7. The number of carbonyl (C=O) groups is 3. The Labute approximate surface area is 262 Å². The Morgan fingerprint density at radius 3 is 2.35 bits per heavy atom. The van der Waals surface area contributed by atoms with E-state index < -0.39 is 28.9 Å². The molecule has 2 aliphatic heterocycles. The summed E-state index contributed by atoms with van der Waals surface area (Å²) in [5.41, 5.74) is 0.418. The molecule has 0 unspecified atom stereocenters. The van der Waals surface area contributed by atoms with Gasteiger partial charge in [0.15, 0.2) is 0 Å². The molecule has 6 rings (SSSR count). The fraction of sp³-hybridized carbons (Fsp3) is 0.545. The first-order valence-corrected chi connectivity index (χ1v) is 15.9. The van der Waals surface area contributed by atoms with Crippen molar-refractivity contribution in [2.75, 3.05) is 12.4 Å². The van der Waals surface area contributed by atoms with Gasteiger partial charge < -0.3 is 20.5 Å². The van der Waals surface area contributed by atoms with E-state index in [2.05, 4.69) is 29.8 Å². The number of amides is 2. The highest BCUT2D eigenvalue weighted by Crippen LogP contribution is 2.63. The highest BCUT2D eigenvalue weighted by atomic mass is 35.5. The van der Waals surface area contributed by atoms with Crippen LogP contribution >= 0.6 is 23.2 Å². The number of nitrogens with one attached hydrogen (secondary N) is 3. The predicted molar refractivity (Wildman–Crippen MR) is 166 cm³/mol. The number of carbonyl (C=O) groups excluding carboxylic acids is 3. The predicted octanol–water partition coefficient (Wildman–Crippen LogP) is 5.48. The normalized spacial score (nSPS) is 30.6. The van der Waals surface area contributed by atoms with Gasteiger partial charge in [-0.3, -0.25) is 14.9 Å². The van der Waals surface area contributed by atoms with Gasteiger partial charge >= 0.3 is 5.97 Å². The number of esters is 1. The smallest absolute Gasteiger partial charge is 0.337 e. The Morgan fingerprint density at radius 2 is 1.67 bits per heavy atom. The lowest BCUT2D eigenvalue weighted by atomic mass is 9.53. The van der Waals surface area contributed by atoms with Crippen LogP contribution in [0.4, 0.5) is 5.69 Å². The molecule has 230 valence electrons. The fourth-order valence-electron chi connectivity index (χ4n) is 8.22. The second-order valence-corrected chi connectivity index (χ2v) is 14.4. The molecule has 2 saturated carbocycles. The molecule has 2 aliphatic carbocycles. The molecule has 10 heteroatoms. The second kappa shape index (κ2) is 11.1. The van der Waals surface area contributed by atoms with Gasteiger partial charge in [-0.05, 0) is 98.2 Å². The van der Waals surface area contributed by atoms with Crippen molar-refractivity contribution in [2.45, 2.75) is 100 Å². The van der Waals surface area contributed by atoms with Gasteiger partial charge in [0.05, 0.1) is 24.8 Å². The fourth-order valence-corrected chi connectivity index (χ4v) is 8.64. The third kappa shape index (κ3) is 5.04. The first kappa shape index (κ1) is 30.4. The monoisotopic (exact) mass is 627 g/mol. The van der Waals surface area contributed by atoms with E-state index in [0.717, 1.165) is 18.4 Å². The Balaban J connectivity index is 1.55. The van der Waals surface area contributed by atoms with Gasteiger partial charge in [-0.1, -0.05) is 43.1 Å². The van der Waals surface area contributed by atoms with Crippen LogP contribution in [-0.2, 0) is 19.7 Å². The number of benzene rings is 2. The van der Waals surface area contributed by atoms with E-state index in [-0.39, 0.29) is 34.9 Å². The van der Waals surface area contributed by atoms with Crippen LogP contribution in [0.2, 0.25) is 10.0 Å². The third-order valence-electron chi connectivity index (χ3n) is 10.5. The van der Waals surface area contributed by atoms with Gasteiger partial charge in [0.1, 0.15) is 5.41 Å². The maximum absolute atomic E-state index is 14.7. The second-order valence-electron chi connectivity index (χ2n) is 13.6. The summed E-state index contributed by atoms with van der Waals surface area (Å²) in [4.78, 5) is 41.8. The summed E-state index contributed by atoms with van der Waals surface area (Å²) in [6.07, 6.45) is 5.35. The lowest BCUT2D eigenvalue weighted by Crippen LogP contribution is -2.61. The molecule has 0 radical (unpaired) electrons. The summed E-state index contributed by atoms with van der Waals surface area (Å²) in [5.74, 6) is -1.66. The molecule has 2 aromatic rings. The van der Waals surface area contributed by atoms with E-state index >= 15 is 0 Å². The van der Waals surface area contributed by atoms with Gasteiger partial charge in [0.2, 0.25) is 11.8 Å². The summed E-state index contributed by atoms with van der Waals surface area (Å²) in [7, 11) is 1.31. The minimum atomic E-state index is -1.19. The molecule has 2 amide bonds. The Bertz CT molecular complexity index is 1460. The van der Waals surface area contributed by atoms with Crippen molar-refractivity contribution >= 4 is 46.7 Å². The zero-order valence-electron chi connectivity index (χ0n) is 24.8. The van der Waals surface area contributed by atoms with Crippen LogP contribution in [0.1, 0.15) is 92.6 Å². The number of hydrogen-bond donors (Lipinski definition) is 4. The Morgan fingerprint density at radius 1 is 0.977 bits per heavy atom. The first-order valence-electron chi connectivity index (χ1n) is 15.2. The highest BCUT2D eigenvalue weighted by Gasteiger charge is 2.72. The lowest BCUT2D eigenvalue weighted by molar-refractivity contribution is -0.125. The molecular formula is C33H39Cl2N3O5. The lowest BCUT2D eigenvalue weighted by Gasteiger charge is -2.50. The van der Waals surface area contributed by atoms with E-state index in [0.29, 0.717) is 59.8 Å². The minimum absolute atomic E-state index is 0.0790. The quantitative estimate of drug-likeness (QED) is 0.333. The number of fused-ring (bicyclic) bond motifs is 3. The number of aliphatic hydroxyl groups excluding tert-OH is 1. The number of rotatable bonds is 4. The molecular weight excluding hydrogens is 589 g/mol. The molecule has 2 spiro atoms. The summed E-state index contributed by atoms with van der Waals surface area (Å²) in [5, 5.41) is 21.0.